The van der Waals surface area contributed by atoms with Crippen molar-refractivity contribution in [2.75, 3.05) is 0 Å². The van der Waals surface area contributed by atoms with Crippen molar-refractivity contribution in [2.45, 2.75) is 26.0 Å². The Kier molecular flexibility index (Phi) is 4.45. The van der Waals surface area contributed by atoms with E-state index in [-0.39, 0.29) is 9.76 Å². The maximum atomic E-state index is 5.27. The molecule has 0 aromatic rings. The normalized spacial score (nSPS) is 12.0. The molecule has 0 bridgehead atoms. The Hall–Kier alpha value is 0.177. The minimum Gasteiger partial charge on any atom is -0.422 e. The van der Waals surface area contributed by atoms with Crippen LogP contribution in [0.15, 0.2) is 0 Å². The Morgan fingerprint density at radius 3 is 2.43 bits per heavy atom. The third-order valence-electron chi connectivity index (χ3n) is 0.596. The quantitative estimate of drug-likeness (QED) is 0.496. The van der Waals surface area contributed by atoms with Crippen molar-refractivity contribution in [3.63, 3.8) is 0 Å². The van der Waals surface area contributed by atoms with Gasteiger partial charge in [-0.05, 0) is 19.9 Å². The van der Waals surface area contributed by atoms with E-state index < -0.39 is 0 Å². The molecular formula is C5H13OSi. The molecule has 0 rings (SSSR count). The fraction of sp³-hybridized carbons (Fsp3) is 0.800. The Bertz CT molecular complexity index is 37.1. The van der Waals surface area contributed by atoms with Gasteiger partial charge in [-0.1, -0.05) is 6.92 Å². The summed E-state index contributed by atoms with van der Waals surface area (Å²) in [5.74, 6) is 0. The lowest BCUT2D eigenvalue weighted by Gasteiger charge is -2.03. The zero-order valence-corrected chi connectivity index (χ0v) is 6.52. The van der Waals surface area contributed by atoms with E-state index in [4.69, 9.17) is 4.43 Å². The highest BCUT2D eigenvalue weighted by Gasteiger charge is 1.87. The molecule has 0 fully saturated rings. The summed E-state index contributed by atoms with van der Waals surface area (Å²) in [7, 11) is -0.237. The van der Waals surface area contributed by atoms with Gasteiger partial charge < -0.3 is 4.43 Å². The molecule has 0 atom stereocenters. The summed E-state index contributed by atoms with van der Waals surface area (Å²) in [5.41, 5.74) is 0. The molecule has 0 aliphatic heterocycles. The molecule has 43 valence electrons. The van der Waals surface area contributed by atoms with Crippen LogP contribution in [0.2, 0.25) is 6.04 Å². The van der Waals surface area contributed by atoms with Gasteiger partial charge >= 0.3 is 0 Å². The van der Waals surface area contributed by atoms with Crippen LogP contribution < -0.4 is 0 Å². The molecule has 0 aliphatic rings. The largest absolute Gasteiger partial charge is 0.422 e. The summed E-state index contributed by atoms with van der Waals surface area (Å²) in [4.78, 5) is 0. The Balaban J connectivity index is 2.68. The molecule has 0 saturated carbocycles. The molecule has 7 heavy (non-hydrogen) atoms. The molecule has 0 N–H and O–H groups in total. The van der Waals surface area contributed by atoms with Crippen LogP contribution in [0.5, 0.6) is 0 Å². The fourth-order valence-corrected chi connectivity index (χ4v) is 0.957. The first-order chi connectivity index (χ1) is 3.27. The summed E-state index contributed by atoms with van der Waals surface area (Å²) in [6.45, 7) is 7.81. The predicted octanol–water partition coefficient (Wildman–Crippen LogP) is 0.748. The summed E-state index contributed by atoms with van der Waals surface area (Å²) in [5, 5.41) is 0. The lowest BCUT2D eigenvalue weighted by atomic mass is 10.5. The molecule has 2 heteroatoms. The third kappa shape index (κ3) is 6.18. The van der Waals surface area contributed by atoms with E-state index in [9.17, 15) is 0 Å². The zero-order chi connectivity index (χ0) is 5.70. The van der Waals surface area contributed by atoms with Crippen LogP contribution in [0.4, 0.5) is 0 Å². The zero-order valence-electron chi connectivity index (χ0n) is 5.11. The first-order valence-corrected chi connectivity index (χ1v) is 4.26. The van der Waals surface area contributed by atoms with E-state index in [0.717, 1.165) is 6.04 Å². The second kappa shape index (κ2) is 4.34. The van der Waals surface area contributed by atoms with Crippen molar-refractivity contribution in [1.29, 1.82) is 0 Å². The van der Waals surface area contributed by atoms with Gasteiger partial charge in [-0.25, -0.2) is 0 Å². The number of rotatable bonds is 3. The molecule has 0 heterocycles. The minimum absolute atomic E-state index is 0.237. The molecule has 0 unspecified atom stereocenters. The van der Waals surface area contributed by atoms with Crippen molar-refractivity contribution in [3.8, 4) is 0 Å². The van der Waals surface area contributed by atoms with Crippen molar-refractivity contribution >= 4 is 9.76 Å². The number of hydrogen-bond acceptors (Lipinski definition) is 1. The highest BCUT2D eigenvalue weighted by Crippen LogP contribution is 1.85. The van der Waals surface area contributed by atoms with Crippen LogP contribution in [0.1, 0.15) is 13.8 Å². The molecule has 0 aliphatic carbocycles. The van der Waals surface area contributed by atoms with Crippen molar-refractivity contribution in [1.82, 2.24) is 0 Å². The highest BCUT2D eigenvalue weighted by molar-refractivity contribution is 6.27. The van der Waals surface area contributed by atoms with Crippen LogP contribution in [0.25, 0.3) is 0 Å². The van der Waals surface area contributed by atoms with Gasteiger partial charge in [0.1, 0.15) is 0 Å². The summed E-state index contributed by atoms with van der Waals surface area (Å²) < 4.78 is 5.27. The van der Waals surface area contributed by atoms with E-state index in [1.807, 2.05) is 0 Å². The van der Waals surface area contributed by atoms with Gasteiger partial charge in [-0.15, -0.1) is 0 Å². The molecular weight excluding hydrogens is 104 g/mol. The van der Waals surface area contributed by atoms with E-state index >= 15 is 0 Å². The van der Waals surface area contributed by atoms with Gasteiger partial charge in [0.05, 0.1) is 0 Å². The lowest BCUT2D eigenvalue weighted by molar-refractivity contribution is 0.256. The molecule has 1 radical (unpaired) electrons. The summed E-state index contributed by atoms with van der Waals surface area (Å²) >= 11 is 0. The average Bonchev–Trinajstić information content (AvgIpc) is 1.61. The van der Waals surface area contributed by atoms with Gasteiger partial charge in [-0.3, -0.25) is 0 Å². The van der Waals surface area contributed by atoms with Crippen LogP contribution in [0, 0.1) is 6.92 Å². The van der Waals surface area contributed by atoms with Crippen LogP contribution in [0.3, 0.4) is 0 Å². The maximum Gasteiger partial charge on any atom is 0.161 e. The predicted molar refractivity (Wildman–Crippen MR) is 34.9 cm³/mol. The Labute approximate surface area is 48.0 Å². The second-order valence-corrected chi connectivity index (χ2v) is 3.22. The minimum atomic E-state index is -0.237. The van der Waals surface area contributed by atoms with Crippen LogP contribution in [-0.2, 0) is 4.43 Å². The molecule has 0 aromatic carbocycles. The van der Waals surface area contributed by atoms with Gasteiger partial charge in [0.2, 0.25) is 0 Å². The molecule has 0 amide bonds. The van der Waals surface area contributed by atoms with Gasteiger partial charge in [0, 0.05) is 6.10 Å². The second-order valence-electron chi connectivity index (χ2n) is 1.77. The highest BCUT2D eigenvalue weighted by atomic mass is 28.2. The lowest BCUT2D eigenvalue weighted by Crippen LogP contribution is -2.05. The Morgan fingerprint density at radius 2 is 2.29 bits per heavy atom. The van der Waals surface area contributed by atoms with E-state index in [0.29, 0.717) is 6.10 Å². The molecule has 0 aromatic heterocycles. The van der Waals surface area contributed by atoms with Gasteiger partial charge in [0.15, 0.2) is 9.76 Å². The van der Waals surface area contributed by atoms with Crippen LogP contribution >= 0.6 is 0 Å². The summed E-state index contributed by atoms with van der Waals surface area (Å²) in [6.07, 6.45) is 0.424. The molecule has 1 nitrogen and oxygen atoms in total. The Morgan fingerprint density at radius 1 is 1.71 bits per heavy atom. The van der Waals surface area contributed by atoms with Crippen molar-refractivity contribution < 1.29 is 4.43 Å². The SMILES string of the molecule is [CH2]C[SiH2]OC(C)C. The topological polar surface area (TPSA) is 9.23 Å². The van der Waals surface area contributed by atoms with Gasteiger partial charge in [0.25, 0.3) is 0 Å². The maximum absolute atomic E-state index is 5.27. The van der Waals surface area contributed by atoms with E-state index in [2.05, 4.69) is 20.8 Å². The monoisotopic (exact) mass is 117 g/mol. The van der Waals surface area contributed by atoms with E-state index in [1.54, 1.807) is 0 Å². The first kappa shape index (κ1) is 7.18. The average molecular weight is 117 g/mol. The van der Waals surface area contributed by atoms with E-state index in [1.165, 1.54) is 0 Å². The van der Waals surface area contributed by atoms with Crippen molar-refractivity contribution in [2.24, 2.45) is 0 Å². The summed E-state index contributed by atoms with van der Waals surface area (Å²) in [6, 6.07) is 1.01. The molecule has 0 spiro atoms. The fourth-order valence-electron chi connectivity index (χ4n) is 0.319. The standard InChI is InChI=1S/C5H13OSi/c1-4-7-6-5(2)3/h5H,1,4,7H2,2-3H3. The smallest absolute Gasteiger partial charge is 0.161 e. The first-order valence-electron chi connectivity index (χ1n) is 2.68. The molecule has 0 saturated heterocycles. The van der Waals surface area contributed by atoms with Gasteiger partial charge in [-0.2, -0.15) is 0 Å². The van der Waals surface area contributed by atoms with Crippen molar-refractivity contribution in [3.05, 3.63) is 6.92 Å². The van der Waals surface area contributed by atoms with Crippen LogP contribution in [-0.4, -0.2) is 15.9 Å². The third-order valence-corrected chi connectivity index (χ3v) is 1.79. The number of hydrogen-bond donors (Lipinski definition) is 0.